The Bertz CT molecular complexity index is 808. The first-order valence-corrected chi connectivity index (χ1v) is 7.71. The standard InChI is InChI=1S/C18H20N4O/c1-18(2,14-8-4-3-5-9-14)17(23)19-12-11-16-21-20-15-10-6-7-13-22(15)16/h3-10,13H,11-12H2,1-2H3,(H,19,23). The molecule has 0 spiro atoms. The molecule has 0 bridgehead atoms. The number of carbonyl (C=O) groups excluding carboxylic acids is 1. The number of nitrogens with zero attached hydrogens (tertiary/aromatic N) is 3. The zero-order valence-electron chi connectivity index (χ0n) is 13.4. The van der Waals surface area contributed by atoms with Gasteiger partial charge in [-0.2, -0.15) is 0 Å². The van der Waals surface area contributed by atoms with Crippen LogP contribution in [0.1, 0.15) is 25.2 Å². The van der Waals surface area contributed by atoms with Crippen molar-refractivity contribution in [3.05, 3.63) is 66.1 Å². The molecule has 0 aliphatic rings. The van der Waals surface area contributed by atoms with Gasteiger partial charge in [0.1, 0.15) is 5.82 Å². The molecule has 0 fully saturated rings. The van der Waals surface area contributed by atoms with Crippen molar-refractivity contribution in [2.24, 2.45) is 0 Å². The minimum atomic E-state index is -0.561. The number of rotatable bonds is 5. The van der Waals surface area contributed by atoms with Gasteiger partial charge >= 0.3 is 0 Å². The summed E-state index contributed by atoms with van der Waals surface area (Å²) in [7, 11) is 0. The maximum absolute atomic E-state index is 12.5. The molecule has 2 aromatic heterocycles. The highest BCUT2D eigenvalue weighted by Gasteiger charge is 2.29. The first-order valence-electron chi connectivity index (χ1n) is 7.71. The van der Waals surface area contributed by atoms with E-state index in [4.69, 9.17) is 0 Å². The van der Waals surface area contributed by atoms with E-state index in [2.05, 4.69) is 15.5 Å². The highest BCUT2D eigenvalue weighted by atomic mass is 16.2. The fourth-order valence-electron chi connectivity index (χ4n) is 2.56. The van der Waals surface area contributed by atoms with Crippen molar-refractivity contribution < 1.29 is 4.79 Å². The van der Waals surface area contributed by atoms with Gasteiger partial charge in [-0.25, -0.2) is 0 Å². The van der Waals surface area contributed by atoms with E-state index >= 15 is 0 Å². The maximum atomic E-state index is 12.5. The van der Waals surface area contributed by atoms with Gasteiger partial charge < -0.3 is 5.32 Å². The van der Waals surface area contributed by atoms with Crippen molar-refractivity contribution in [1.29, 1.82) is 0 Å². The highest BCUT2D eigenvalue weighted by molar-refractivity contribution is 5.87. The predicted octanol–water partition coefficient (Wildman–Crippen LogP) is 2.37. The number of hydrogen-bond acceptors (Lipinski definition) is 3. The summed E-state index contributed by atoms with van der Waals surface area (Å²) in [5, 5.41) is 11.3. The third-order valence-electron chi connectivity index (χ3n) is 4.08. The fraction of sp³-hybridized carbons (Fsp3) is 0.278. The average Bonchev–Trinajstić information content (AvgIpc) is 2.99. The molecule has 0 aliphatic carbocycles. The monoisotopic (exact) mass is 308 g/mol. The molecule has 0 aliphatic heterocycles. The summed E-state index contributed by atoms with van der Waals surface area (Å²) in [6, 6.07) is 15.6. The molecule has 5 nitrogen and oxygen atoms in total. The van der Waals surface area contributed by atoms with Gasteiger partial charge in [0.2, 0.25) is 5.91 Å². The second-order valence-corrected chi connectivity index (χ2v) is 6.04. The lowest BCUT2D eigenvalue weighted by atomic mass is 9.84. The minimum absolute atomic E-state index is 0.0116. The first-order chi connectivity index (χ1) is 11.1. The normalized spacial score (nSPS) is 11.6. The molecule has 0 saturated carbocycles. The third-order valence-corrected chi connectivity index (χ3v) is 4.08. The Labute approximate surface area is 135 Å². The van der Waals surface area contributed by atoms with Crippen molar-refractivity contribution in [3.8, 4) is 0 Å². The Kier molecular flexibility index (Phi) is 4.10. The summed E-state index contributed by atoms with van der Waals surface area (Å²) in [6.07, 6.45) is 2.57. The van der Waals surface area contributed by atoms with E-state index in [-0.39, 0.29) is 5.91 Å². The van der Waals surface area contributed by atoms with Crippen LogP contribution in [-0.2, 0) is 16.6 Å². The molecule has 3 rings (SSSR count). The smallest absolute Gasteiger partial charge is 0.230 e. The van der Waals surface area contributed by atoms with Crippen molar-refractivity contribution in [1.82, 2.24) is 19.9 Å². The van der Waals surface area contributed by atoms with Gasteiger partial charge in [0, 0.05) is 19.2 Å². The summed E-state index contributed by atoms with van der Waals surface area (Å²) in [5.41, 5.74) is 1.26. The summed E-state index contributed by atoms with van der Waals surface area (Å²) in [6.45, 7) is 4.40. The SMILES string of the molecule is CC(C)(C(=O)NCCc1nnc2ccccn12)c1ccccc1. The lowest BCUT2D eigenvalue weighted by molar-refractivity contribution is -0.125. The summed E-state index contributed by atoms with van der Waals surface area (Å²) < 4.78 is 1.94. The first kappa shape index (κ1) is 15.2. The van der Waals surface area contributed by atoms with E-state index in [0.717, 1.165) is 17.0 Å². The molecule has 1 N–H and O–H groups in total. The van der Waals surface area contributed by atoms with Crippen LogP contribution in [-0.4, -0.2) is 27.0 Å². The maximum Gasteiger partial charge on any atom is 0.230 e. The number of hydrogen-bond donors (Lipinski definition) is 1. The number of benzene rings is 1. The number of pyridine rings is 1. The van der Waals surface area contributed by atoms with Crippen molar-refractivity contribution in [3.63, 3.8) is 0 Å². The predicted molar refractivity (Wildman–Crippen MR) is 89.2 cm³/mol. The molecule has 2 heterocycles. The van der Waals surface area contributed by atoms with E-state index < -0.39 is 5.41 Å². The molecular weight excluding hydrogens is 288 g/mol. The molecular formula is C18H20N4O. The second kappa shape index (κ2) is 6.20. The van der Waals surface area contributed by atoms with E-state index in [9.17, 15) is 4.79 Å². The molecule has 0 radical (unpaired) electrons. The zero-order chi connectivity index (χ0) is 16.3. The Hall–Kier alpha value is -2.69. The Balaban J connectivity index is 1.63. The van der Waals surface area contributed by atoms with Crippen LogP contribution in [0.2, 0.25) is 0 Å². The van der Waals surface area contributed by atoms with E-state index in [1.807, 2.05) is 73.0 Å². The average molecular weight is 308 g/mol. The highest BCUT2D eigenvalue weighted by Crippen LogP contribution is 2.22. The summed E-state index contributed by atoms with van der Waals surface area (Å²) in [5.74, 6) is 0.857. The van der Waals surface area contributed by atoms with Crippen LogP contribution in [0.15, 0.2) is 54.7 Å². The van der Waals surface area contributed by atoms with Crippen LogP contribution in [0, 0.1) is 0 Å². The summed E-state index contributed by atoms with van der Waals surface area (Å²) in [4.78, 5) is 12.5. The van der Waals surface area contributed by atoms with Gasteiger partial charge in [-0.1, -0.05) is 36.4 Å². The molecule has 0 atom stereocenters. The van der Waals surface area contributed by atoms with Gasteiger partial charge in [0.05, 0.1) is 5.41 Å². The zero-order valence-corrected chi connectivity index (χ0v) is 13.4. The van der Waals surface area contributed by atoms with Gasteiger partial charge in [0.15, 0.2) is 5.65 Å². The topological polar surface area (TPSA) is 59.3 Å². The molecule has 0 unspecified atom stereocenters. The largest absolute Gasteiger partial charge is 0.355 e. The quantitative estimate of drug-likeness (QED) is 0.787. The Morgan fingerprint density at radius 2 is 1.83 bits per heavy atom. The second-order valence-electron chi connectivity index (χ2n) is 6.04. The van der Waals surface area contributed by atoms with E-state index in [1.165, 1.54) is 0 Å². The molecule has 23 heavy (non-hydrogen) atoms. The number of amides is 1. The van der Waals surface area contributed by atoms with Crippen LogP contribution in [0.3, 0.4) is 0 Å². The lowest BCUT2D eigenvalue weighted by Gasteiger charge is -2.24. The molecule has 0 saturated heterocycles. The minimum Gasteiger partial charge on any atom is -0.355 e. The molecule has 1 aromatic carbocycles. The van der Waals surface area contributed by atoms with Crippen molar-refractivity contribution in [2.75, 3.05) is 6.54 Å². The van der Waals surface area contributed by atoms with Crippen molar-refractivity contribution >= 4 is 11.6 Å². The number of fused-ring (bicyclic) bond motifs is 1. The van der Waals surface area contributed by atoms with E-state index in [0.29, 0.717) is 13.0 Å². The number of carbonyl (C=O) groups is 1. The Morgan fingerprint density at radius 1 is 1.09 bits per heavy atom. The van der Waals surface area contributed by atoms with Gasteiger partial charge in [-0.3, -0.25) is 9.20 Å². The van der Waals surface area contributed by atoms with Crippen LogP contribution >= 0.6 is 0 Å². The van der Waals surface area contributed by atoms with Crippen LogP contribution < -0.4 is 5.32 Å². The van der Waals surface area contributed by atoms with Gasteiger partial charge in [0.25, 0.3) is 0 Å². The van der Waals surface area contributed by atoms with Crippen LogP contribution in [0.5, 0.6) is 0 Å². The van der Waals surface area contributed by atoms with Gasteiger partial charge in [-0.15, -0.1) is 10.2 Å². The summed E-state index contributed by atoms with van der Waals surface area (Å²) >= 11 is 0. The number of nitrogens with one attached hydrogen (secondary N) is 1. The molecule has 118 valence electrons. The van der Waals surface area contributed by atoms with Crippen molar-refractivity contribution in [2.45, 2.75) is 25.7 Å². The number of aromatic nitrogens is 3. The van der Waals surface area contributed by atoms with Gasteiger partial charge in [-0.05, 0) is 31.5 Å². The van der Waals surface area contributed by atoms with E-state index in [1.54, 1.807) is 0 Å². The van der Waals surface area contributed by atoms with Crippen LogP contribution in [0.25, 0.3) is 5.65 Å². The van der Waals surface area contributed by atoms with Crippen LogP contribution in [0.4, 0.5) is 0 Å². The molecule has 3 aromatic rings. The third kappa shape index (κ3) is 3.08. The fourth-order valence-corrected chi connectivity index (χ4v) is 2.56. The molecule has 5 heteroatoms. The lowest BCUT2D eigenvalue weighted by Crippen LogP contribution is -2.41. The Morgan fingerprint density at radius 3 is 2.61 bits per heavy atom. The molecule has 1 amide bonds.